The Morgan fingerprint density at radius 1 is 1.23 bits per heavy atom. The van der Waals surface area contributed by atoms with E-state index in [1.54, 1.807) is 20.8 Å². The lowest BCUT2D eigenvalue weighted by molar-refractivity contribution is -0.161. The molecule has 4 atom stereocenters. The molecule has 1 aliphatic carbocycles. The Morgan fingerprint density at radius 2 is 1.88 bits per heavy atom. The summed E-state index contributed by atoms with van der Waals surface area (Å²) in [6.07, 6.45) is 3.51. The molecule has 1 amide bonds. The first-order valence-corrected chi connectivity index (χ1v) is 10.6. The molecule has 0 spiro atoms. The van der Waals surface area contributed by atoms with E-state index in [1.165, 1.54) is 0 Å². The van der Waals surface area contributed by atoms with Crippen LogP contribution in [-0.4, -0.2) is 41.2 Å². The van der Waals surface area contributed by atoms with Crippen molar-refractivity contribution in [3.8, 4) is 0 Å². The molecule has 0 heterocycles. The van der Waals surface area contributed by atoms with Gasteiger partial charge in [0.15, 0.2) is 8.03 Å². The van der Waals surface area contributed by atoms with Crippen molar-refractivity contribution in [3.63, 3.8) is 0 Å². The van der Waals surface area contributed by atoms with Crippen LogP contribution in [0.3, 0.4) is 0 Å². The highest BCUT2D eigenvalue weighted by atomic mass is 31.1. The van der Waals surface area contributed by atoms with E-state index in [0.717, 1.165) is 32.1 Å². The van der Waals surface area contributed by atoms with E-state index in [1.807, 2.05) is 0 Å². The van der Waals surface area contributed by atoms with Gasteiger partial charge in [0.2, 0.25) is 6.79 Å². The zero-order valence-corrected chi connectivity index (χ0v) is 16.8. The molecule has 0 radical (unpaired) electrons. The largest absolute Gasteiger partial charge is 0.427 e. The molecular formula is C17H32NO7P. The van der Waals surface area contributed by atoms with Gasteiger partial charge in [-0.05, 0) is 58.3 Å². The maximum atomic E-state index is 11.6. The molecule has 1 rings (SSSR count). The molecule has 152 valence electrons. The number of hydrogen-bond acceptors (Lipinski definition) is 6. The molecular weight excluding hydrogens is 361 g/mol. The molecule has 4 unspecified atom stereocenters. The van der Waals surface area contributed by atoms with Gasteiger partial charge in [0.1, 0.15) is 6.23 Å². The predicted octanol–water partition coefficient (Wildman–Crippen LogP) is 2.63. The summed E-state index contributed by atoms with van der Waals surface area (Å²) >= 11 is 0. The summed E-state index contributed by atoms with van der Waals surface area (Å²) < 4.78 is 20.5. The summed E-state index contributed by atoms with van der Waals surface area (Å²) in [4.78, 5) is 32.2. The standard InChI is InChI=1S/C17H32NO7P/c1-17(2,3)15(20)24-11-25-16(21)18-14(19)8-7-12-5-4-6-13(9-12)10-26(22)23/h12-14,19,26H,4-11H2,1-3H3,(H,18,21)(H,22,23). The molecule has 0 aliphatic heterocycles. The molecule has 0 aromatic carbocycles. The smallest absolute Gasteiger partial charge is 0.412 e. The Balaban J connectivity index is 2.21. The van der Waals surface area contributed by atoms with Crippen LogP contribution in [0.4, 0.5) is 4.79 Å². The topological polar surface area (TPSA) is 122 Å². The molecule has 3 N–H and O–H groups in total. The van der Waals surface area contributed by atoms with Crippen molar-refractivity contribution in [2.75, 3.05) is 13.0 Å². The van der Waals surface area contributed by atoms with Gasteiger partial charge < -0.3 is 19.5 Å². The average Bonchev–Trinajstić information content (AvgIpc) is 2.51. The van der Waals surface area contributed by atoms with E-state index in [9.17, 15) is 19.3 Å². The summed E-state index contributed by atoms with van der Waals surface area (Å²) in [6.45, 7) is 4.57. The van der Waals surface area contributed by atoms with Crippen LogP contribution in [0.15, 0.2) is 0 Å². The van der Waals surface area contributed by atoms with Crippen LogP contribution < -0.4 is 5.32 Å². The zero-order valence-electron chi connectivity index (χ0n) is 15.8. The minimum atomic E-state index is -2.44. The van der Waals surface area contributed by atoms with E-state index in [4.69, 9.17) is 14.4 Å². The number of ether oxygens (including phenoxy) is 2. The number of alkyl carbamates (subject to hydrolysis) is 1. The highest BCUT2D eigenvalue weighted by Crippen LogP contribution is 2.35. The van der Waals surface area contributed by atoms with Gasteiger partial charge in [-0.1, -0.05) is 12.8 Å². The Hall–Kier alpha value is -1.11. The van der Waals surface area contributed by atoms with Gasteiger partial charge in [-0.15, -0.1) is 0 Å². The van der Waals surface area contributed by atoms with Crippen molar-refractivity contribution in [3.05, 3.63) is 0 Å². The molecule has 0 saturated heterocycles. The number of carbonyl (C=O) groups excluding carboxylic acids is 2. The summed E-state index contributed by atoms with van der Waals surface area (Å²) in [5.41, 5.74) is -0.679. The first-order chi connectivity index (χ1) is 12.1. The normalized spacial score (nSPS) is 23.0. The molecule has 8 nitrogen and oxygen atoms in total. The van der Waals surface area contributed by atoms with Crippen molar-refractivity contribution in [2.24, 2.45) is 17.3 Å². The average molecular weight is 393 g/mol. The van der Waals surface area contributed by atoms with Crippen molar-refractivity contribution in [2.45, 2.75) is 65.5 Å². The van der Waals surface area contributed by atoms with Crippen LogP contribution in [0.1, 0.15) is 59.3 Å². The third-order valence-electron chi connectivity index (χ3n) is 4.48. The van der Waals surface area contributed by atoms with Crippen LogP contribution in [0.2, 0.25) is 0 Å². The van der Waals surface area contributed by atoms with Gasteiger partial charge in [0.25, 0.3) is 0 Å². The number of aliphatic hydroxyl groups is 1. The summed E-state index contributed by atoms with van der Waals surface area (Å²) in [7, 11) is -2.44. The second-order valence-corrected chi connectivity index (χ2v) is 9.16. The highest BCUT2D eigenvalue weighted by molar-refractivity contribution is 7.38. The van der Waals surface area contributed by atoms with Crippen LogP contribution in [0.5, 0.6) is 0 Å². The number of esters is 1. The molecule has 1 fully saturated rings. The van der Waals surface area contributed by atoms with Gasteiger partial charge in [0.05, 0.1) is 5.41 Å². The van der Waals surface area contributed by atoms with E-state index in [-0.39, 0.29) is 5.92 Å². The lowest BCUT2D eigenvalue weighted by Crippen LogP contribution is -2.36. The molecule has 0 bridgehead atoms. The van der Waals surface area contributed by atoms with Crippen LogP contribution in [0, 0.1) is 17.3 Å². The van der Waals surface area contributed by atoms with Crippen molar-refractivity contribution in [1.82, 2.24) is 5.32 Å². The minimum absolute atomic E-state index is 0.276. The van der Waals surface area contributed by atoms with E-state index < -0.39 is 38.5 Å². The SMILES string of the molecule is CC(C)(C)C(=O)OCOC(=O)NC(O)CCC1CCCC(C[PH](=O)O)C1. The Kier molecular flexibility index (Phi) is 9.61. The third kappa shape index (κ3) is 9.55. The molecule has 0 aromatic rings. The summed E-state index contributed by atoms with van der Waals surface area (Å²) in [5, 5.41) is 12.2. The monoisotopic (exact) mass is 393 g/mol. The van der Waals surface area contributed by atoms with E-state index >= 15 is 0 Å². The highest BCUT2D eigenvalue weighted by Gasteiger charge is 2.25. The molecule has 1 saturated carbocycles. The van der Waals surface area contributed by atoms with Gasteiger partial charge >= 0.3 is 12.1 Å². The zero-order chi connectivity index (χ0) is 19.7. The lowest BCUT2D eigenvalue weighted by Gasteiger charge is -2.29. The first-order valence-electron chi connectivity index (χ1n) is 9.08. The molecule has 9 heteroatoms. The van der Waals surface area contributed by atoms with Gasteiger partial charge in [-0.2, -0.15) is 0 Å². The first kappa shape index (κ1) is 22.9. The van der Waals surface area contributed by atoms with Crippen molar-refractivity contribution < 1.29 is 33.6 Å². The fourth-order valence-corrected chi connectivity index (χ4v) is 3.96. The third-order valence-corrected chi connectivity index (χ3v) is 5.41. The van der Waals surface area contributed by atoms with Crippen molar-refractivity contribution >= 4 is 20.1 Å². The second-order valence-electron chi connectivity index (χ2n) is 7.97. The van der Waals surface area contributed by atoms with Crippen molar-refractivity contribution in [1.29, 1.82) is 0 Å². The van der Waals surface area contributed by atoms with E-state index in [2.05, 4.69) is 5.32 Å². The number of rotatable bonds is 8. The summed E-state index contributed by atoms with van der Waals surface area (Å²) in [6, 6.07) is 0. The Labute approximate surface area is 155 Å². The lowest BCUT2D eigenvalue weighted by atomic mass is 9.80. The van der Waals surface area contributed by atoms with Crippen LogP contribution in [-0.2, 0) is 18.8 Å². The minimum Gasteiger partial charge on any atom is -0.427 e. The number of carbonyl (C=O) groups is 2. The number of nitrogens with one attached hydrogen (secondary N) is 1. The predicted molar refractivity (Wildman–Crippen MR) is 96.8 cm³/mol. The van der Waals surface area contributed by atoms with E-state index in [0.29, 0.717) is 18.5 Å². The molecule has 1 aliphatic rings. The maximum Gasteiger partial charge on any atom is 0.412 e. The maximum absolute atomic E-state index is 11.6. The van der Waals surface area contributed by atoms with Gasteiger partial charge in [-0.25, -0.2) is 4.79 Å². The quantitative estimate of drug-likeness (QED) is 0.329. The Bertz CT molecular complexity index is 492. The molecule has 26 heavy (non-hydrogen) atoms. The number of amides is 1. The summed E-state index contributed by atoms with van der Waals surface area (Å²) in [5.74, 6) is 0.177. The van der Waals surface area contributed by atoms with Crippen LogP contribution >= 0.6 is 8.03 Å². The van der Waals surface area contributed by atoms with Gasteiger partial charge in [0, 0.05) is 6.16 Å². The van der Waals surface area contributed by atoms with Crippen LogP contribution in [0.25, 0.3) is 0 Å². The molecule has 0 aromatic heterocycles. The fourth-order valence-electron chi connectivity index (χ4n) is 3.09. The fraction of sp³-hybridized carbons (Fsp3) is 0.882. The number of hydrogen-bond donors (Lipinski definition) is 3. The Morgan fingerprint density at radius 3 is 2.50 bits per heavy atom. The van der Waals surface area contributed by atoms with Gasteiger partial charge in [-0.3, -0.25) is 14.7 Å². The second kappa shape index (κ2) is 10.9. The number of aliphatic hydroxyl groups excluding tert-OH is 1.